The largest absolute Gasteiger partial charge is 0.345 e. The molecule has 0 aliphatic heterocycles. The van der Waals surface area contributed by atoms with Crippen molar-refractivity contribution in [2.45, 2.75) is 18.6 Å². The van der Waals surface area contributed by atoms with Crippen molar-refractivity contribution in [3.8, 4) is 11.4 Å². The number of rotatable bonds is 5. The lowest BCUT2D eigenvalue weighted by Crippen LogP contribution is -2.25. The SMILES string of the molecule is CSc1ncc(CNC(=O)c2nc(-c3ccccc3)[nH]c2C)n1C. The van der Waals surface area contributed by atoms with Crippen molar-refractivity contribution in [3.63, 3.8) is 0 Å². The summed E-state index contributed by atoms with van der Waals surface area (Å²) in [7, 11) is 1.94. The van der Waals surface area contributed by atoms with Crippen molar-refractivity contribution in [1.82, 2.24) is 24.8 Å². The maximum atomic E-state index is 12.4. The molecule has 0 unspecified atom stereocenters. The number of benzene rings is 1. The highest BCUT2D eigenvalue weighted by atomic mass is 32.2. The Kier molecular flexibility index (Phi) is 4.71. The molecule has 7 heteroatoms. The first kappa shape index (κ1) is 16.3. The monoisotopic (exact) mass is 341 g/mol. The van der Waals surface area contributed by atoms with E-state index in [-0.39, 0.29) is 5.91 Å². The van der Waals surface area contributed by atoms with Gasteiger partial charge in [-0.15, -0.1) is 0 Å². The van der Waals surface area contributed by atoms with Gasteiger partial charge in [0.15, 0.2) is 5.16 Å². The van der Waals surface area contributed by atoms with Gasteiger partial charge in [-0.3, -0.25) is 4.79 Å². The molecular formula is C17H19N5OS. The first-order valence-corrected chi connectivity index (χ1v) is 8.77. The van der Waals surface area contributed by atoms with Crippen LogP contribution in [0.1, 0.15) is 21.9 Å². The van der Waals surface area contributed by atoms with Crippen molar-refractivity contribution >= 4 is 17.7 Å². The second-order valence-electron chi connectivity index (χ2n) is 5.40. The van der Waals surface area contributed by atoms with E-state index in [1.165, 1.54) is 0 Å². The summed E-state index contributed by atoms with van der Waals surface area (Å²) in [4.78, 5) is 24.4. The lowest BCUT2D eigenvalue weighted by Gasteiger charge is -2.06. The van der Waals surface area contributed by atoms with E-state index in [1.807, 2.05) is 55.1 Å². The highest BCUT2D eigenvalue weighted by Crippen LogP contribution is 2.18. The summed E-state index contributed by atoms with van der Waals surface area (Å²) >= 11 is 1.57. The van der Waals surface area contributed by atoms with Crippen LogP contribution in [0.3, 0.4) is 0 Å². The lowest BCUT2D eigenvalue weighted by molar-refractivity contribution is 0.0945. The summed E-state index contributed by atoms with van der Waals surface area (Å²) in [6, 6.07) is 9.75. The third kappa shape index (κ3) is 3.21. The van der Waals surface area contributed by atoms with Gasteiger partial charge in [0, 0.05) is 18.3 Å². The third-order valence-electron chi connectivity index (χ3n) is 3.80. The van der Waals surface area contributed by atoms with Gasteiger partial charge in [0.2, 0.25) is 0 Å². The number of carbonyl (C=O) groups is 1. The van der Waals surface area contributed by atoms with E-state index >= 15 is 0 Å². The number of imidazole rings is 2. The maximum Gasteiger partial charge on any atom is 0.272 e. The average molecular weight is 341 g/mol. The molecule has 0 aliphatic carbocycles. The zero-order chi connectivity index (χ0) is 17.1. The number of nitrogens with zero attached hydrogens (tertiary/aromatic N) is 3. The van der Waals surface area contributed by atoms with Crippen LogP contribution in [0.15, 0.2) is 41.7 Å². The molecule has 0 radical (unpaired) electrons. The summed E-state index contributed by atoms with van der Waals surface area (Å²) in [6.45, 7) is 2.26. The molecule has 0 fully saturated rings. The Balaban J connectivity index is 1.73. The minimum absolute atomic E-state index is 0.196. The highest BCUT2D eigenvalue weighted by Gasteiger charge is 2.16. The van der Waals surface area contributed by atoms with Gasteiger partial charge in [-0.2, -0.15) is 0 Å². The minimum Gasteiger partial charge on any atom is -0.345 e. The number of hydrogen-bond acceptors (Lipinski definition) is 4. The Labute approximate surface area is 144 Å². The van der Waals surface area contributed by atoms with Gasteiger partial charge in [0.25, 0.3) is 5.91 Å². The van der Waals surface area contributed by atoms with E-state index in [1.54, 1.807) is 18.0 Å². The average Bonchev–Trinajstić information content (AvgIpc) is 3.16. The fourth-order valence-corrected chi connectivity index (χ4v) is 3.00. The van der Waals surface area contributed by atoms with Gasteiger partial charge in [0.05, 0.1) is 18.4 Å². The molecule has 0 atom stereocenters. The van der Waals surface area contributed by atoms with Crippen LogP contribution < -0.4 is 5.32 Å². The number of carbonyl (C=O) groups excluding carboxylic acids is 1. The van der Waals surface area contributed by atoms with Crippen molar-refractivity contribution < 1.29 is 4.79 Å². The molecule has 6 nitrogen and oxygen atoms in total. The predicted octanol–water partition coefficient (Wildman–Crippen LogP) is 2.77. The summed E-state index contributed by atoms with van der Waals surface area (Å²) in [5, 5.41) is 3.83. The Bertz CT molecular complexity index is 853. The molecule has 0 aliphatic rings. The quantitative estimate of drug-likeness (QED) is 0.700. The topological polar surface area (TPSA) is 75.6 Å². The lowest BCUT2D eigenvalue weighted by atomic mass is 10.2. The van der Waals surface area contributed by atoms with Crippen LogP contribution in [-0.4, -0.2) is 31.7 Å². The molecule has 0 spiro atoms. The van der Waals surface area contributed by atoms with Gasteiger partial charge >= 0.3 is 0 Å². The van der Waals surface area contributed by atoms with E-state index in [4.69, 9.17) is 0 Å². The Morgan fingerprint density at radius 3 is 2.75 bits per heavy atom. The fourth-order valence-electron chi connectivity index (χ4n) is 2.45. The van der Waals surface area contributed by atoms with E-state index < -0.39 is 0 Å². The molecule has 2 N–H and O–H groups in total. The zero-order valence-electron chi connectivity index (χ0n) is 13.8. The minimum atomic E-state index is -0.196. The molecule has 0 saturated carbocycles. The Morgan fingerprint density at radius 2 is 2.08 bits per heavy atom. The van der Waals surface area contributed by atoms with Crippen LogP contribution in [0.4, 0.5) is 0 Å². The van der Waals surface area contributed by atoms with Crippen molar-refractivity contribution in [2.75, 3.05) is 6.26 Å². The number of nitrogens with one attached hydrogen (secondary N) is 2. The van der Waals surface area contributed by atoms with Gasteiger partial charge in [-0.25, -0.2) is 9.97 Å². The first-order valence-electron chi connectivity index (χ1n) is 7.55. The van der Waals surface area contributed by atoms with Crippen LogP contribution in [0.25, 0.3) is 11.4 Å². The van der Waals surface area contributed by atoms with Gasteiger partial charge in [-0.05, 0) is 13.2 Å². The molecule has 3 rings (SSSR count). The van der Waals surface area contributed by atoms with Crippen LogP contribution >= 0.6 is 11.8 Å². The number of hydrogen-bond donors (Lipinski definition) is 2. The normalized spacial score (nSPS) is 10.8. The molecule has 1 aromatic carbocycles. The standard InChI is InChI=1S/C17H19N5OS/c1-11-14(21-15(20-11)12-7-5-4-6-8-12)16(23)18-9-13-10-19-17(24-3)22(13)2/h4-8,10H,9H2,1-3H3,(H,18,23)(H,20,21). The number of aromatic amines is 1. The maximum absolute atomic E-state index is 12.4. The molecule has 0 bridgehead atoms. The number of amides is 1. The molecule has 124 valence electrons. The number of aromatic nitrogens is 4. The Hall–Kier alpha value is -2.54. The smallest absolute Gasteiger partial charge is 0.272 e. The number of aryl methyl sites for hydroxylation is 1. The van der Waals surface area contributed by atoms with Crippen LogP contribution in [0, 0.1) is 6.92 Å². The summed E-state index contributed by atoms with van der Waals surface area (Å²) < 4.78 is 1.97. The predicted molar refractivity (Wildman–Crippen MR) is 94.9 cm³/mol. The van der Waals surface area contributed by atoms with Crippen molar-refractivity contribution in [3.05, 3.63) is 53.6 Å². The molecule has 0 saturated heterocycles. The number of H-pyrrole nitrogens is 1. The fraction of sp³-hybridized carbons (Fsp3) is 0.235. The van der Waals surface area contributed by atoms with Crippen LogP contribution in [0.2, 0.25) is 0 Å². The van der Waals surface area contributed by atoms with Gasteiger partial charge < -0.3 is 14.9 Å². The number of thioether (sulfide) groups is 1. The van der Waals surface area contributed by atoms with Gasteiger partial charge in [0.1, 0.15) is 11.5 Å². The molecular weight excluding hydrogens is 322 g/mol. The molecule has 1 amide bonds. The van der Waals surface area contributed by atoms with E-state index in [2.05, 4.69) is 20.3 Å². The van der Waals surface area contributed by atoms with E-state index in [0.717, 1.165) is 22.1 Å². The van der Waals surface area contributed by atoms with Crippen LogP contribution in [-0.2, 0) is 13.6 Å². The zero-order valence-corrected chi connectivity index (χ0v) is 14.6. The van der Waals surface area contributed by atoms with Crippen LogP contribution in [0.5, 0.6) is 0 Å². The molecule has 3 aromatic rings. The van der Waals surface area contributed by atoms with E-state index in [9.17, 15) is 4.79 Å². The molecule has 2 aromatic heterocycles. The second-order valence-corrected chi connectivity index (χ2v) is 6.18. The third-order valence-corrected chi connectivity index (χ3v) is 4.55. The first-order chi connectivity index (χ1) is 11.6. The molecule has 2 heterocycles. The van der Waals surface area contributed by atoms with Crippen molar-refractivity contribution in [2.24, 2.45) is 7.05 Å². The van der Waals surface area contributed by atoms with E-state index in [0.29, 0.717) is 18.1 Å². The summed E-state index contributed by atoms with van der Waals surface area (Å²) in [5.74, 6) is 0.501. The molecule has 24 heavy (non-hydrogen) atoms. The summed E-state index contributed by atoms with van der Waals surface area (Å²) in [6.07, 6.45) is 3.75. The highest BCUT2D eigenvalue weighted by molar-refractivity contribution is 7.98. The Morgan fingerprint density at radius 1 is 1.33 bits per heavy atom. The summed E-state index contributed by atoms with van der Waals surface area (Å²) in [5.41, 5.74) is 3.07. The second kappa shape index (κ2) is 6.92. The van der Waals surface area contributed by atoms with Gasteiger partial charge in [-0.1, -0.05) is 42.1 Å². The van der Waals surface area contributed by atoms with Crippen molar-refractivity contribution in [1.29, 1.82) is 0 Å².